The second-order valence-corrected chi connectivity index (χ2v) is 5.32. The van der Waals surface area contributed by atoms with Gasteiger partial charge < -0.3 is 10.3 Å². The summed E-state index contributed by atoms with van der Waals surface area (Å²) in [5, 5.41) is 3.27. The third-order valence-corrected chi connectivity index (χ3v) is 3.63. The van der Waals surface area contributed by atoms with Gasteiger partial charge in [0.05, 0.1) is 10.6 Å². The number of hydrogen-bond donors (Lipinski definition) is 2. The van der Waals surface area contributed by atoms with Crippen molar-refractivity contribution in [1.29, 1.82) is 0 Å². The van der Waals surface area contributed by atoms with E-state index in [4.69, 9.17) is 11.6 Å². The zero-order valence-electron chi connectivity index (χ0n) is 11.5. The quantitative estimate of drug-likeness (QED) is 0.671. The number of aromatic nitrogens is 1. The molecule has 0 fully saturated rings. The standard InChI is InChI=1S/C16H10ClF3N2O/c17-12-4-2-1-3-11(12)15(23)21-10-5-6-13-9(7-10)8-14(22-13)16(18,19)20/h1-8,22H,(H,21,23). The van der Waals surface area contributed by atoms with Gasteiger partial charge in [0, 0.05) is 16.6 Å². The molecule has 0 saturated heterocycles. The number of carbonyl (C=O) groups excluding carboxylic acids is 1. The fraction of sp³-hybridized carbons (Fsp3) is 0.0625. The molecule has 1 heterocycles. The Morgan fingerprint density at radius 3 is 2.52 bits per heavy atom. The first-order valence-electron chi connectivity index (χ1n) is 6.60. The molecule has 0 bridgehead atoms. The lowest BCUT2D eigenvalue weighted by atomic mass is 10.2. The Bertz CT molecular complexity index is 886. The number of carbonyl (C=O) groups is 1. The van der Waals surface area contributed by atoms with E-state index in [0.29, 0.717) is 27.2 Å². The van der Waals surface area contributed by atoms with Crippen LogP contribution in [0.1, 0.15) is 16.1 Å². The van der Waals surface area contributed by atoms with E-state index in [1.54, 1.807) is 24.3 Å². The minimum atomic E-state index is -4.44. The van der Waals surface area contributed by atoms with Crippen LogP contribution in [0.3, 0.4) is 0 Å². The summed E-state index contributed by atoms with van der Waals surface area (Å²) in [7, 11) is 0. The minimum Gasteiger partial charge on any atom is -0.351 e. The summed E-state index contributed by atoms with van der Waals surface area (Å²) in [6.45, 7) is 0. The normalized spacial score (nSPS) is 11.7. The van der Waals surface area contributed by atoms with E-state index in [9.17, 15) is 18.0 Å². The van der Waals surface area contributed by atoms with Gasteiger partial charge in [-0.2, -0.15) is 13.2 Å². The van der Waals surface area contributed by atoms with E-state index in [1.807, 2.05) is 0 Å². The Hall–Kier alpha value is -2.47. The Kier molecular flexibility index (Phi) is 3.77. The van der Waals surface area contributed by atoms with Crippen molar-refractivity contribution in [2.75, 3.05) is 5.32 Å². The van der Waals surface area contributed by atoms with Gasteiger partial charge in [-0.15, -0.1) is 0 Å². The summed E-state index contributed by atoms with van der Waals surface area (Å²) in [4.78, 5) is 14.5. The van der Waals surface area contributed by atoms with Gasteiger partial charge in [-0.1, -0.05) is 23.7 Å². The smallest absolute Gasteiger partial charge is 0.351 e. The van der Waals surface area contributed by atoms with E-state index >= 15 is 0 Å². The third-order valence-electron chi connectivity index (χ3n) is 3.30. The number of alkyl halides is 3. The van der Waals surface area contributed by atoms with Crippen molar-refractivity contribution in [3.05, 3.63) is 64.8 Å². The highest BCUT2D eigenvalue weighted by Crippen LogP contribution is 2.32. The molecule has 0 aliphatic heterocycles. The van der Waals surface area contributed by atoms with Gasteiger partial charge in [-0.3, -0.25) is 4.79 Å². The number of amides is 1. The van der Waals surface area contributed by atoms with Crippen LogP contribution in [0.25, 0.3) is 10.9 Å². The maximum absolute atomic E-state index is 12.7. The SMILES string of the molecule is O=C(Nc1ccc2[nH]c(C(F)(F)F)cc2c1)c1ccccc1Cl. The monoisotopic (exact) mass is 338 g/mol. The molecule has 3 rings (SSSR count). The average Bonchev–Trinajstić information content (AvgIpc) is 2.91. The number of fused-ring (bicyclic) bond motifs is 1. The molecule has 0 spiro atoms. The highest BCUT2D eigenvalue weighted by Gasteiger charge is 2.32. The molecule has 0 radical (unpaired) electrons. The third kappa shape index (κ3) is 3.17. The van der Waals surface area contributed by atoms with Gasteiger partial charge in [0.1, 0.15) is 5.69 Å². The van der Waals surface area contributed by atoms with Crippen LogP contribution in [0, 0.1) is 0 Å². The first kappa shape index (κ1) is 15.4. The zero-order chi connectivity index (χ0) is 16.6. The molecule has 7 heteroatoms. The Labute approximate surface area is 134 Å². The lowest BCUT2D eigenvalue weighted by molar-refractivity contribution is -0.140. The molecule has 1 amide bonds. The second-order valence-electron chi connectivity index (χ2n) is 4.92. The summed E-state index contributed by atoms with van der Waals surface area (Å²) < 4.78 is 38.1. The highest BCUT2D eigenvalue weighted by atomic mass is 35.5. The van der Waals surface area contributed by atoms with Crippen LogP contribution in [0.5, 0.6) is 0 Å². The number of rotatable bonds is 2. The van der Waals surface area contributed by atoms with Crippen molar-refractivity contribution in [3.63, 3.8) is 0 Å². The number of H-pyrrole nitrogens is 1. The van der Waals surface area contributed by atoms with Gasteiger partial charge >= 0.3 is 6.18 Å². The fourth-order valence-electron chi connectivity index (χ4n) is 2.21. The molecule has 118 valence electrons. The van der Waals surface area contributed by atoms with Crippen molar-refractivity contribution in [3.8, 4) is 0 Å². The highest BCUT2D eigenvalue weighted by molar-refractivity contribution is 6.34. The van der Waals surface area contributed by atoms with E-state index in [0.717, 1.165) is 6.07 Å². The largest absolute Gasteiger partial charge is 0.431 e. The first-order valence-corrected chi connectivity index (χ1v) is 6.98. The molecule has 23 heavy (non-hydrogen) atoms. The number of anilines is 1. The van der Waals surface area contributed by atoms with Crippen LogP contribution < -0.4 is 5.32 Å². The van der Waals surface area contributed by atoms with Crippen molar-refractivity contribution in [2.24, 2.45) is 0 Å². The topological polar surface area (TPSA) is 44.9 Å². The van der Waals surface area contributed by atoms with Crippen molar-refractivity contribution < 1.29 is 18.0 Å². The van der Waals surface area contributed by atoms with Crippen LogP contribution in [-0.2, 0) is 6.18 Å². The maximum atomic E-state index is 12.7. The van der Waals surface area contributed by atoms with Gasteiger partial charge in [0.25, 0.3) is 5.91 Å². The molecular weight excluding hydrogens is 329 g/mol. The van der Waals surface area contributed by atoms with Crippen LogP contribution in [0.4, 0.5) is 18.9 Å². The van der Waals surface area contributed by atoms with E-state index < -0.39 is 17.8 Å². The molecule has 0 saturated carbocycles. The average molecular weight is 339 g/mol. The van der Waals surface area contributed by atoms with Crippen LogP contribution in [0.15, 0.2) is 48.5 Å². The molecule has 2 N–H and O–H groups in total. The van der Waals surface area contributed by atoms with Crippen molar-refractivity contribution >= 4 is 34.1 Å². The van der Waals surface area contributed by atoms with Crippen molar-refractivity contribution in [2.45, 2.75) is 6.18 Å². The van der Waals surface area contributed by atoms with Gasteiger partial charge in [-0.05, 0) is 36.4 Å². The van der Waals surface area contributed by atoms with E-state index in [1.165, 1.54) is 18.2 Å². The Morgan fingerprint density at radius 2 is 1.83 bits per heavy atom. The second kappa shape index (κ2) is 5.62. The molecule has 2 aromatic carbocycles. The van der Waals surface area contributed by atoms with Gasteiger partial charge in [-0.25, -0.2) is 0 Å². The molecule has 0 atom stereocenters. The molecule has 3 nitrogen and oxygen atoms in total. The summed E-state index contributed by atoms with van der Waals surface area (Å²) >= 11 is 5.94. The first-order chi connectivity index (χ1) is 10.8. The minimum absolute atomic E-state index is 0.291. The maximum Gasteiger partial charge on any atom is 0.431 e. The number of halogens is 4. The van der Waals surface area contributed by atoms with Crippen LogP contribution >= 0.6 is 11.6 Å². The van der Waals surface area contributed by atoms with E-state index in [2.05, 4.69) is 10.3 Å². The van der Waals surface area contributed by atoms with E-state index in [-0.39, 0.29) is 0 Å². The summed E-state index contributed by atoms with van der Waals surface area (Å²) in [5.74, 6) is -0.429. The predicted molar refractivity (Wildman–Crippen MR) is 82.7 cm³/mol. The Balaban J connectivity index is 1.89. The molecule has 0 aliphatic carbocycles. The Morgan fingerprint density at radius 1 is 1.09 bits per heavy atom. The molecule has 1 aromatic heterocycles. The van der Waals surface area contributed by atoms with Gasteiger partial charge in [0.15, 0.2) is 0 Å². The van der Waals surface area contributed by atoms with Gasteiger partial charge in [0.2, 0.25) is 0 Å². The summed E-state index contributed by atoms with van der Waals surface area (Å²) in [6.07, 6.45) is -4.44. The number of hydrogen-bond acceptors (Lipinski definition) is 1. The number of benzene rings is 2. The summed E-state index contributed by atoms with van der Waals surface area (Å²) in [6, 6.07) is 12.0. The molecular formula is C16H10ClF3N2O. The fourth-order valence-corrected chi connectivity index (χ4v) is 2.43. The van der Waals surface area contributed by atoms with Crippen LogP contribution in [0.2, 0.25) is 5.02 Å². The lowest BCUT2D eigenvalue weighted by Gasteiger charge is -2.06. The van der Waals surface area contributed by atoms with Crippen molar-refractivity contribution in [1.82, 2.24) is 4.98 Å². The lowest BCUT2D eigenvalue weighted by Crippen LogP contribution is -2.12. The molecule has 3 aromatic rings. The zero-order valence-corrected chi connectivity index (χ0v) is 12.3. The molecule has 0 aliphatic rings. The summed E-state index contributed by atoms with van der Waals surface area (Å²) in [5.41, 5.74) is 0.185. The number of nitrogens with one attached hydrogen (secondary N) is 2. The number of aromatic amines is 1. The molecule has 0 unspecified atom stereocenters. The predicted octanol–water partition coefficient (Wildman–Crippen LogP) is 5.09. The van der Waals surface area contributed by atoms with Crippen LogP contribution in [-0.4, -0.2) is 10.9 Å².